The first-order valence-corrected chi connectivity index (χ1v) is 11.3. The Morgan fingerprint density at radius 3 is 2.81 bits per heavy atom. The number of halogens is 1. The van der Waals surface area contributed by atoms with Gasteiger partial charge in [0.25, 0.3) is 0 Å². The molecule has 0 N–H and O–H groups in total. The second-order valence-electron chi connectivity index (χ2n) is 8.32. The number of morpholine rings is 1. The Hall–Kier alpha value is -2.22. The van der Waals surface area contributed by atoms with Crippen LogP contribution in [-0.4, -0.2) is 79.2 Å². The molecule has 2 fully saturated rings. The summed E-state index contributed by atoms with van der Waals surface area (Å²) in [5.41, 5.74) is 2.81. The molecule has 0 aliphatic carbocycles. The molecule has 1 amide bonds. The lowest BCUT2D eigenvalue weighted by Gasteiger charge is -2.29. The van der Waals surface area contributed by atoms with E-state index < -0.39 is 0 Å². The van der Waals surface area contributed by atoms with Crippen LogP contribution in [0.1, 0.15) is 31.0 Å². The zero-order valence-corrected chi connectivity index (χ0v) is 19.0. The topological polar surface area (TPSA) is 61.8 Å². The van der Waals surface area contributed by atoms with Gasteiger partial charge in [-0.15, -0.1) is 0 Å². The van der Waals surface area contributed by atoms with Gasteiger partial charge in [0.2, 0.25) is 11.9 Å². The summed E-state index contributed by atoms with van der Waals surface area (Å²) in [7, 11) is 3.86. The highest BCUT2D eigenvalue weighted by molar-refractivity contribution is 6.30. The first kappa shape index (κ1) is 22.0. The number of nitrogens with zero attached hydrogens (tertiary/aromatic N) is 5. The van der Waals surface area contributed by atoms with E-state index in [4.69, 9.17) is 21.3 Å². The predicted octanol–water partition coefficient (Wildman–Crippen LogP) is 3.25. The van der Waals surface area contributed by atoms with Crippen LogP contribution in [0.15, 0.2) is 30.5 Å². The van der Waals surface area contributed by atoms with Gasteiger partial charge in [-0.25, -0.2) is 9.97 Å². The van der Waals surface area contributed by atoms with Gasteiger partial charge >= 0.3 is 0 Å². The van der Waals surface area contributed by atoms with Crippen molar-refractivity contribution in [1.82, 2.24) is 19.8 Å². The Labute approximate surface area is 189 Å². The van der Waals surface area contributed by atoms with Crippen molar-refractivity contribution in [3.05, 3.63) is 41.2 Å². The Morgan fingerprint density at radius 1 is 1.26 bits per heavy atom. The Morgan fingerprint density at radius 2 is 2.06 bits per heavy atom. The molecule has 1 atom stereocenters. The predicted molar refractivity (Wildman–Crippen MR) is 122 cm³/mol. The van der Waals surface area contributed by atoms with Crippen molar-refractivity contribution in [3.63, 3.8) is 0 Å². The molecule has 2 aliphatic heterocycles. The Balaban J connectivity index is 1.59. The summed E-state index contributed by atoms with van der Waals surface area (Å²) < 4.78 is 5.41. The van der Waals surface area contributed by atoms with Crippen LogP contribution in [0.5, 0.6) is 0 Å². The number of carbonyl (C=O) groups is 1. The molecule has 1 aromatic carbocycles. The van der Waals surface area contributed by atoms with Crippen molar-refractivity contribution < 1.29 is 9.53 Å². The van der Waals surface area contributed by atoms with Crippen LogP contribution in [-0.2, 0) is 9.53 Å². The normalized spacial score (nSPS) is 19.6. The SMILES string of the molecule is CN(C)c1ncc(-c2cccc(Cl)c2)c([C@@H]2CCCN2C(=O)CCN2CCOCC2)n1. The molecule has 1 aromatic heterocycles. The van der Waals surface area contributed by atoms with Crippen molar-refractivity contribution in [3.8, 4) is 11.1 Å². The Kier molecular flexibility index (Phi) is 7.05. The zero-order valence-electron chi connectivity index (χ0n) is 18.3. The van der Waals surface area contributed by atoms with Crippen LogP contribution < -0.4 is 4.90 Å². The number of hydrogen-bond donors (Lipinski definition) is 0. The quantitative estimate of drug-likeness (QED) is 0.683. The van der Waals surface area contributed by atoms with Crippen molar-refractivity contribution in [2.24, 2.45) is 0 Å². The maximum atomic E-state index is 13.2. The molecule has 0 saturated carbocycles. The third-order valence-corrected chi connectivity index (χ3v) is 6.21. The molecule has 0 unspecified atom stereocenters. The third kappa shape index (κ3) is 5.17. The number of aromatic nitrogens is 2. The number of likely N-dealkylation sites (tertiary alicyclic amines) is 1. The summed E-state index contributed by atoms with van der Waals surface area (Å²) in [6.45, 7) is 4.83. The molecule has 31 heavy (non-hydrogen) atoms. The Bertz CT molecular complexity index is 917. The van der Waals surface area contributed by atoms with Crippen molar-refractivity contribution >= 4 is 23.5 Å². The van der Waals surface area contributed by atoms with Crippen LogP contribution in [0.25, 0.3) is 11.1 Å². The van der Waals surface area contributed by atoms with Gasteiger partial charge in [0.1, 0.15) is 0 Å². The molecule has 2 aliphatic rings. The largest absolute Gasteiger partial charge is 0.379 e. The summed E-state index contributed by atoms with van der Waals surface area (Å²) in [4.78, 5) is 28.8. The first-order chi connectivity index (χ1) is 15.0. The summed E-state index contributed by atoms with van der Waals surface area (Å²) in [6, 6.07) is 7.69. The number of hydrogen-bond acceptors (Lipinski definition) is 6. The van der Waals surface area contributed by atoms with Gasteiger partial charge in [0, 0.05) is 63.5 Å². The fourth-order valence-corrected chi connectivity index (χ4v) is 4.50. The van der Waals surface area contributed by atoms with E-state index in [1.54, 1.807) is 0 Å². The molecule has 0 bridgehead atoms. The van der Waals surface area contributed by atoms with Gasteiger partial charge in [-0.1, -0.05) is 23.7 Å². The minimum absolute atomic E-state index is 0.0483. The zero-order chi connectivity index (χ0) is 21.8. The van der Waals surface area contributed by atoms with E-state index in [2.05, 4.69) is 9.88 Å². The summed E-state index contributed by atoms with van der Waals surface area (Å²) in [5, 5.41) is 0.671. The molecule has 2 aromatic rings. The summed E-state index contributed by atoms with van der Waals surface area (Å²) in [6.07, 6.45) is 4.26. The molecule has 2 saturated heterocycles. The fraction of sp³-hybridized carbons (Fsp3) is 0.522. The monoisotopic (exact) mass is 443 g/mol. The van der Waals surface area contributed by atoms with Gasteiger partial charge in [0.15, 0.2) is 0 Å². The average molecular weight is 444 g/mol. The molecular weight excluding hydrogens is 414 g/mol. The van der Waals surface area contributed by atoms with E-state index in [1.807, 2.05) is 54.4 Å². The lowest BCUT2D eigenvalue weighted by atomic mass is 9.99. The van der Waals surface area contributed by atoms with E-state index in [1.165, 1.54) is 0 Å². The number of rotatable bonds is 6. The van der Waals surface area contributed by atoms with Crippen molar-refractivity contribution in [1.29, 1.82) is 0 Å². The lowest BCUT2D eigenvalue weighted by Crippen LogP contribution is -2.39. The molecule has 4 rings (SSSR count). The summed E-state index contributed by atoms with van der Waals surface area (Å²) in [5.74, 6) is 0.837. The fourth-order valence-electron chi connectivity index (χ4n) is 4.30. The minimum Gasteiger partial charge on any atom is -0.379 e. The van der Waals surface area contributed by atoms with Crippen molar-refractivity contribution in [2.45, 2.75) is 25.3 Å². The van der Waals surface area contributed by atoms with Gasteiger partial charge in [-0.05, 0) is 30.5 Å². The third-order valence-electron chi connectivity index (χ3n) is 5.98. The van der Waals surface area contributed by atoms with E-state index >= 15 is 0 Å². The average Bonchev–Trinajstić information content (AvgIpc) is 3.27. The van der Waals surface area contributed by atoms with Gasteiger partial charge in [-0.3, -0.25) is 9.69 Å². The highest BCUT2D eigenvalue weighted by Gasteiger charge is 2.33. The van der Waals surface area contributed by atoms with Gasteiger partial charge in [-0.2, -0.15) is 0 Å². The van der Waals surface area contributed by atoms with Gasteiger partial charge in [0.05, 0.1) is 24.9 Å². The van der Waals surface area contributed by atoms with Crippen LogP contribution in [0, 0.1) is 0 Å². The first-order valence-electron chi connectivity index (χ1n) is 10.9. The smallest absolute Gasteiger partial charge is 0.225 e. The number of carbonyl (C=O) groups excluding carboxylic acids is 1. The van der Waals surface area contributed by atoms with Gasteiger partial charge < -0.3 is 14.5 Å². The van der Waals surface area contributed by atoms with Crippen LogP contribution in [0.4, 0.5) is 5.95 Å². The highest BCUT2D eigenvalue weighted by atomic mass is 35.5. The lowest BCUT2D eigenvalue weighted by molar-refractivity contribution is -0.132. The molecule has 0 radical (unpaired) electrons. The number of amides is 1. The number of benzene rings is 1. The van der Waals surface area contributed by atoms with Crippen LogP contribution >= 0.6 is 11.6 Å². The molecule has 166 valence electrons. The van der Waals surface area contributed by atoms with E-state index in [9.17, 15) is 4.79 Å². The second kappa shape index (κ2) is 9.94. The second-order valence-corrected chi connectivity index (χ2v) is 8.76. The summed E-state index contributed by atoms with van der Waals surface area (Å²) >= 11 is 6.26. The van der Waals surface area contributed by atoms with Crippen LogP contribution in [0.3, 0.4) is 0 Å². The van der Waals surface area contributed by atoms with E-state index in [0.717, 1.165) is 69.1 Å². The molecule has 7 nitrogen and oxygen atoms in total. The van der Waals surface area contributed by atoms with E-state index in [-0.39, 0.29) is 11.9 Å². The number of ether oxygens (including phenoxy) is 1. The molecule has 8 heteroatoms. The van der Waals surface area contributed by atoms with E-state index in [0.29, 0.717) is 17.4 Å². The molecule has 0 spiro atoms. The number of anilines is 1. The van der Waals surface area contributed by atoms with Crippen molar-refractivity contribution in [2.75, 3.05) is 58.4 Å². The molecule has 3 heterocycles. The standard InChI is InChI=1S/C23H30ClN5O2/c1-27(2)23-25-16-19(17-5-3-6-18(24)15-17)22(26-23)20-7-4-9-29(20)21(30)8-10-28-11-13-31-14-12-28/h3,5-6,15-16,20H,4,7-14H2,1-2H3/t20-/m0/s1. The minimum atomic E-state index is -0.0483. The maximum Gasteiger partial charge on any atom is 0.225 e. The molecular formula is C23H30ClN5O2. The highest BCUT2D eigenvalue weighted by Crippen LogP contribution is 2.38. The maximum absolute atomic E-state index is 13.2. The van der Waals surface area contributed by atoms with Crippen LogP contribution in [0.2, 0.25) is 5.02 Å².